The molecular weight excluding hydrogens is 570 g/mol. The number of phenols is 2. The molecule has 2 atom stereocenters. The van der Waals surface area contributed by atoms with E-state index in [9.17, 15) is 24.6 Å². The number of aromatic hydroxyl groups is 2. The quantitative estimate of drug-likeness (QED) is 0.197. The Kier molecular flexibility index (Phi) is 10.9. The van der Waals surface area contributed by atoms with Gasteiger partial charge in [-0.2, -0.15) is 0 Å². The molecule has 0 aromatic heterocycles. The summed E-state index contributed by atoms with van der Waals surface area (Å²) in [5.74, 6) is -1.08. The number of ether oxygens (including phenoxy) is 1. The molecule has 0 saturated carbocycles. The SMILES string of the molecule is CCC(C)(C)N(C(=O)C(Cc1ccc(O)cc1)NC(=O)OC(C)(C)C)C(C(=O)Nc1c(C)cccc1C)c1cccc(C)c1O. The number of alkyl carbamates (subject to hydrolysis) is 1. The lowest BCUT2D eigenvalue weighted by molar-refractivity contribution is -0.147. The van der Waals surface area contributed by atoms with Crippen LogP contribution in [0.1, 0.15) is 81.8 Å². The minimum Gasteiger partial charge on any atom is -0.508 e. The predicted octanol–water partition coefficient (Wildman–Crippen LogP) is 6.86. The van der Waals surface area contributed by atoms with Crippen LogP contribution in [0.15, 0.2) is 60.7 Å². The molecule has 0 bridgehead atoms. The van der Waals surface area contributed by atoms with Crippen LogP contribution in [0.5, 0.6) is 11.5 Å². The first-order valence-electron chi connectivity index (χ1n) is 15.2. The molecule has 0 aliphatic carbocycles. The second-order valence-corrected chi connectivity index (χ2v) is 13.1. The van der Waals surface area contributed by atoms with Crippen molar-refractivity contribution in [2.45, 2.75) is 98.4 Å². The maximum Gasteiger partial charge on any atom is 0.408 e. The van der Waals surface area contributed by atoms with E-state index in [1.807, 2.05) is 52.8 Å². The lowest BCUT2D eigenvalue weighted by atomic mass is 9.90. The summed E-state index contributed by atoms with van der Waals surface area (Å²) in [6.07, 6.45) is -0.278. The number of hydrogen-bond donors (Lipinski definition) is 4. The van der Waals surface area contributed by atoms with E-state index in [0.29, 0.717) is 23.2 Å². The summed E-state index contributed by atoms with van der Waals surface area (Å²) < 4.78 is 5.52. The number of phenolic OH excluding ortho intramolecular Hbond substituents is 2. The van der Waals surface area contributed by atoms with Crippen LogP contribution in [-0.4, -0.2) is 50.2 Å². The fourth-order valence-corrected chi connectivity index (χ4v) is 5.13. The highest BCUT2D eigenvalue weighted by Crippen LogP contribution is 2.38. The van der Waals surface area contributed by atoms with Crippen LogP contribution in [0.4, 0.5) is 10.5 Å². The number of anilines is 1. The number of carbonyl (C=O) groups is 3. The van der Waals surface area contributed by atoms with Gasteiger partial charge >= 0.3 is 6.09 Å². The molecule has 3 aromatic carbocycles. The number of benzene rings is 3. The van der Waals surface area contributed by atoms with Gasteiger partial charge in [-0.05, 0) is 96.2 Å². The van der Waals surface area contributed by atoms with Crippen LogP contribution in [-0.2, 0) is 20.7 Å². The van der Waals surface area contributed by atoms with E-state index in [4.69, 9.17) is 4.74 Å². The first kappa shape index (κ1) is 35.0. The van der Waals surface area contributed by atoms with Crippen molar-refractivity contribution in [2.24, 2.45) is 0 Å². The van der Waals surface area contributed by atoms with Gasteiger partial charge in [-0.3, -0.25) is 9.59 Å². The zero-order valence-electron chi connectivity index (χ0n) is 27.8. The first-order valence-corrected chi connectivity index (χ1v) is 15.2. The largest absolute Gasteiger partial charge is 0.508 e. The van der Waals surface area contributed by atoms with Crippen LogP contribution >= 0.6 is 0 Å². The van der Waals surface area contributed by atoms with E-state index in [0.717, 1.165) is 11.1 Å². The second-order valence-electron chi connectivity index (χ2n) is 13.1. The number of nitrogens with one attached hydrogen (secondary N) is 2. The lowest BCUT2D eigenvalue weighted by Gasteiger charge is -2.44. The van der Waals surface area contributed by atoms with E-state index in [-0.39, 0.29) is 23.5 Å². The third-order valence-electron chi connectivity index (χ3n) is 7.92. The van der Waals surface area contributed by atoms with Crippen molar-refractivity contribution in [2.75, 3.05) is 5.32 Å². The van der Waals surface area contributed by atoms with Gasteiger partial charge in [-0.15, -0.1) is 0 Å². The molecule has 0 saturated heterocycles. The number of amides is 3. The van der Waals surface area contributed by atoms with Gasteiger partial charge in [0, 0.05) is 23.2 Å². The summed E-state index contributed by atoms with van der Waals surface area (Å²) in [6, 6.07) is 14.7. The first-order chi connectivity index (χ1) is 20.9. The summed E-state index contributed by atoms with van der Waals surface area (Å²) in [5.41, 5.74) is 2.06. The average Bonchev–Trinajstić information content (AvgIpc) is 2.94. The lowest BCUT2D eigenvalue weighted by Crippen LogP contribution is -2.59. The molecule has 3 amide bonds. The molecule has 3 aromatic rings. The minimum atomic E-state index is -1.27. The summed E-state index contributed by atoms with van der Waals surface area (Å²) in [6.45, 7) is 16.3. The Morgan fingerprint density at radius 1 is 0.844 bits per heavy atom. The topological polar surface area (TPSA) is 128 Å². The van der Waals surface area contributed by atoms with Crippen molar-refractivity contribution in [1.29, 1.82) is 0 Å². The van der Waals surface area contributed by atoms with Crippen molar-refractivity contribution in [3.8, 4) is 11.5 Å². The van der Waals surface area contributed by atoms with E-state index in [1.165, 1.54) is 17.0 Å². The third-order valence-corrected chi connectivity index (χ3v) is 7.92. The van der Waals surface area contributed by atoms with Crippen molar-refractivity contribution >= 4 is 23.6 Å². The third kappa shape index (κ3) is 8.77. The van der Waals surface area contributed by atoms with E-state index in [2.05, 4.69) is 10.6 Å². The molecular formula is C36H47N3O6. The Hall–Kier alpha value is -4.53. The van der Waals surface area contributed by atoms with E-state index < -0.39 is 41.1 Å². The highest BCUT2D eigenvalue weighted by Gasteiger charge is 2.44. The number of carbonyl (C=O) groups excluding carboxylic acids is 3. The minimum absolute atomic E-state index is 0.0552. The van der Waals surface area contributed by atoms with Gasteiger partial charge in [-0.1, -0.05) is 55.5 Å². The van der Waals surface area contributed by atoms with Crippen molar-refractivity contribution in [3.05, 3.63) is 88.5 Å². The second kappa shape index (κ2) is 14.1. The molecule has 0 spiro atoms. The Labute approximate surface area is 266 Å². The number of nitrogens with zero attached hydrogens (tertiary/aromatic N) is 1. The molecule has 0 fully saturated rings. The molecule has 45 heavy (non-hydrogen) atoms. The molecule has 4 N–H and O–H groups in total. The van der Waals surface area contributed by atoms with Gasteiger partial charge in [0.2, 0.25) is 5.91 Å². The molecule has 3 rings (SSSR count). The number of hydrogen-bond acceptors (Lipinski definition) is 6. The standard InChI is InChI=1S/C36H47N3O6/c1-10-36(8,9)39(33(43)28(37-34(44)45-35(5,6)7)21-25-17-19-26(40)20-18-25)30(27-16-12-15-24(4)31(27)41)32(42)38-29-22(2)13-11-14-23(29)3/h11-20,28,30,40-41H,10,21H2,1-9H3,(H,37,44)(H,38,42). The maximum absolute atomic E-state index is 14.9. The van der Waals surface area contributed by atoms with E-state index in [1.54, 1.807) is 58.0 Å². The molecule has 9 heteroatoms. The van der Waals surface area contributed by atoms with Crippen molar-refractivity contribution < 1.29 is 29.3 Å². The maximum atomic E-state index is 14.9. The molecule has 0 aliphatic heterocycles. The van der Waals surface area contributed by atoms with Crippen LogP contribution in [0.2, 0.25) is 0 Å². The van der Waals surface area contributed by atoms with Gasteiger partial charge in [0.15, 0.2) is 0 Å². The van der Waals surface area contributed by atoms with Gasteiger partial charge in [0.1, 0.15) is 29.2 Å². The van der Waals surface area contributed by atoms with Gasteiger partial charge in [0.05, 0.1) is 0 Å². The predicted molar refractivity (Wildman–Crippen MR) is 176 cm³/mol. The number of para-hydroxylation sites is 2. The Balaban J connectivity index is 2.22. The summed E-state index contributed by atoms with van der Waals surface area (Å²) in [4.78, 5) is 43.9. The number of rotatable bonds is 10. The van der Waals surface area contributed by atoms with Gasteiger partial charge < -0.3 is 30.5 Å². The molecule has 0 aliphatic rings. The average molecular weight is 618 g/mol. The fraction of sp³-hybridized carbons (Fsp3) is 0.417. The number of aryl methyl sites for hydroxylation is 3. The van der Waals surface area contributed by atoms with Crippen LogP contribution < -0.4 is 10.6 Å². The normalized spacial score (nSPS) is 13.0. The van der Waals surface area contributed by atoms with Crippen LogP contribution in [0.25, 0.3) is 0 Å². The smallest absolute Gasteiger partial charge is 0.408 e. The highest BCUT2D eigenvalue weighted by atomic mass is 16.6. The molecule has 0 radical (unpaired) electrons. The summed E-state index contributed by atoms with van der Waals surface area (Å²) in [7, 11) is 0. The zero-order chi connectivity index (χ0) is 33.7. The molecule has 9 nitrogen and oxygen atoms in total. The highest BCUT2D eigenvalue weighted by molar-refractivity contribution is 6.00. The molecule has 242 valence electrons. The Bertz CT molecular complexity index is 1500. The van der Waals surface area contributed by atoms with E-state index >= 15 is 0 Å². The van der Waals surface area contributed by atoms with Gasteiger partial charge in [-0.25, -0.2) is 4.79 Å². The Morgan fingerprint density at radius 3 is 1.96 bits per heavy atom. The van der Waals surface area contributed by atoms with Crippen molar-refractivity contribution in [3.63, 3.8) is 0 Å². The zero-order valence-corrected chi connectivity index (χ0v) is 27.8. The van der Waals surface area contributed by atoms with Crippen molar-refractivity contribution in [1.82, 2.24) is 10.2 Å². The monoisotopic (exact) mass is 617 g/mol. The summed E-state index contributed by atoms with van der Waals surface area (Å²) >= 11 is 0. The van der Waals surface area contributed by atoms with Crippen LogP contribution in [0.3, 0.4) is 0 Å². The summed E-state index contributed by atoms with van der Waals surface area (Å²) in [5, 5.41) is 26.9. The molecule has 2 unspecified atom stereocenters. The fourth-order valence-electron chi connectivity index (χ4n) is 5.13. The van der Waals surface area contributed by atoms with Crippen LogP contribution in [0, 0.1) is 20.8 Å². The Morgan fingerprint density at radius 2 is 1.40 bits per heavy atom. The van der Waals surface area contributed by atoms with Gasteiger partial charge in [0.25, 0.3) is 5.91 Å². The molecule has 0 heterocycles.